The molecule has 1 amide bonds. The lowest BCUT2D eigenvalue weighted by molar-refractivity contribution is 0.0410. The fraction of sp³-hybridized carbons (Fsp3) is 0.545. The fourth-order valence-electron chi connectivity index (χ4n) is 1.69. The molecule has 0 radical (unpaired) electrons. The van der Waals surface area contributed by atoms with Crippen molar-refractivity contribution in [3.63, 3.8) is 0 Å². The first-order chi connectivity index (χ1) is 8.42. The number of ether oxygens (including phenoxy) is 1. The van der Waals surface area contributed by atoms with E-state index in [1.807, 2.05) is 13.8 Å². The highest BCUT2D eigenvalue weighted by atomic mass is 32.2. The molecule has 0 unspecified atom stereocenters. The monoisotopic (exact) mass is 272 g/mol. The van der Waals surface area contributed by atoms with E-state index in [4.69, 9.17) is 4.74 Å². The van der Waals surface area contributed by atoms with E-state index >= 15 is 0 Å². The van der Waals surface area contributed by atoms with Crippen LogP contribution in [0.2, 0.25) is 0 Å². The van der Waals surface area contributed by atoms with Crippen molar-refractivity contribution in [3.05, 3.63) is 24.0 Å². The number of aromatic nitrogens is 1. The molecule has 100 valence electrons. The first-order valence-corrected chi connectivity index (χ1v) is 7.27. The minimum absolute atomic E-state index is 0.0930. The van der Waals surface area contributed by atoms with Crippen LogP contribution in [0.1, 0.15) is 30.4 Å². The summed E-state index contributed by atoms with van der Waals surface area (Å²) < 4.78 is 32.2. The average molecular weight is 272 g/mol. The lowest BCUT2D eigenvalue weighted by Gasteiger charge is -2.25. The summed E-state index contributed by atoms with van der Waals surface area (Å²) in [5.74, 6) is -0.597. The second-order valence-corrected chi connectivity index (χ2v) is 6.49. The molecule has 0 atom stereocenters. The van der Waals surface area contributed by atoms with Gasteiger partial charge in [-0.15, -0.1) is 0 Å². The van der Waals surface area contributed by atoms with Crippen molar-refractivity contribution in [3.8, 4) is 0 Å². The third-order valence-corrected chi connectivity index (χ3v) is 4.47. The Morgan fingerprint density at radius 2 is 2.17 bits per heavy atom. The maximum atomic E-state index is 11.9. The molecule has 2 rings (SSSR count). The van der Waals surface area contributed by atoms with Crippen LogP contribution >= 0.6 is 0 Å². The van der Waals surface area contributed by atoms with Crippen LogP contribution in [0.25, 0.3) is 0 Å². The van der Waals surface area contributed by atoms with E-state index in [0.717, 1.165) is 0 Å². The number of rotatable bonds is 4. The van der Waals surface area contributed by atoms with Gasteiger partial charge in [-0.25, -0.2) is 13.1 Å². The molecule has 0 aromatic carbocycles. The number of amides is 1. The lowest BCUT2D eigenvalue weighted by atomic mass is 10.3. The van der Waals surface area contributed by atoms with Crippen molar-refractivity contribution in [2.24, 2.45) is 0 Å². The van der Waals surface area contributed by atoms with Gasteiger partial charge in [0.2, 0.25) is 10.0 Å². The van der Waals surface area contributed by atoms with Crippen molar-refractivity contribution < 1.29 is 17.9 Å². The maximum Gasteiger partial charge on any atom is 0.281 e. The summed E-state index contributed by atoms with van der Waals surface area (Å²) in [6.07, 6.45) is 1.75. The van der Waals surface area contributed by atoms with Crippen molar-refractivity contribution in [1.29, 1.82) is 0 Å². The Morgan fingerprint density at radius 3 is 2.67 bits per heavy atom. The smallest absolute Gasteiger partial charge is 0.281 e. The fourth-order valence-corrected chi connectivity index (χ4v) is 2.77. The molecule has 18 heavy (non-hydrogen) atoms. The van der Waals surface area contributed by atoms with E-state index < -0.39 is 21.2 Å². The highest BCUT2D eigenvalue weighted by molar-refractivity contribution is 7.90. The second kappa shape index (κ2) is 4.74. The molecule has 0 saturated carbocycles. The Morgan fingerprint density at radius 1 is 1.50 bits per heavy atom. The zero-order valence-electron chi connectivity index (χ0n) is 10.3. The molecule has 2 heterocycles. The quantitative estimate of drug-likeness (QED) is 0.867. The van der Waals surface area contributed by atoms with E-state index in [1.54, 1.807) is 22.9 Å². The van der Waals surface area contributed by atoms with Crippen molar-refractivity contribution >= 4 is 15.9 Å². The van der Waals surface area contributed by atoms with E-state index in [1.165, 1.54) is 0 Å². The second-order valence-electron chi connectivity index (χ2n) is 4.53. The van der Waals surface area contributed by atoms with Gasteiger partial charge in [0.25, 0.3) is 5.91 Å². The highest BCUT2D eigenvalue weighted by Gasteiger charge is 2.34. The summed E-state index contributed by atoms with van der Waals surface area (Å²) >= 11 is 0. The van der Waals surface area contributed by atoms with Crippen LogP contribution in [0, 0.1) is 0 Å². The Labute approximate surface area is 106 Å². The molecular weight excluding hydrogens is 256 g/mol. The van der Waals surface area contributed by atoms with E-state index in [0.29, 0.717) is 5.69 Å². The molecule has 1 aliphatic heterocycles. The lowest BCUT2D eigenvalue weighted by Crippen LogP contribution is -2.48. The number of carbonyl (C=O) groups is 1. The third-order valence-electron chi connectivity index (χ3n) is 2.85. The van der Waals surface area contributed by atoms with Gasteiger partial charge >= 0.3 is 0 Å². The van der Waals surface area contributed by atoms with Gasteiger partial charge in [0.15, 0.2) is 0 Å². The minimum Gasteiger partial charge on any atom is -0.378 e. The number of hydrogen-bond acceptors (Lipinski definition) is 4. The Hall–Kier alpha value is -1.34. The van der Waals surface area contributed by atoms with Crippen molar-refractivity contribution in [2.75, 3.05) is 13.2 Å². The van der Waals surface area contributed by atoms with Crippen LogP contribution in [0.3, 0.4) is 0 Å². The molecule has 0 bridgehead atoms. The third kappa shape index (κ3) is 2.41. The summed E-state index contributed by atoms with van der Waals surface area (Å²) in [6.45, 7) is 4.14. The summed E-state index contributed by atoms with van der Waals surface area (Å²) in [5.41, 5.74) is 0.341. The Kier molecular flexibility index (Phi) is 3.45. The van der Waals surface area contributed by atoms with Gasteiger partial charge in [-0.2, -0.15) is 0 Å². The van der Waals surface area contributed by atoms with E-state index in [2.05, 4.69) is 4.72 Å². The maximum absolute atomic E-state index is 11.9. The molecule has 1 N–H and O–H groups in total. The molecule has 7 heteroatoms. The SMILES string of the molecule is CC(C)n1cccc1C(=O)NS(=O)(=O)C1COC1. The summed E-state index contributed by atoms with van der Waals surface area (Å²) in [5, 5.41) is -0.621. The number of nitrogens with zero attached hydrogens (tertiary/aromatic N) is 1. The summed E-state index contributed by atoms with van der Waals surface area (Å²) in [6, 6.07) is 3.41. The predicted molar refractivity (Wildman–Crippen MR) is 65.8 cm³/mol. The van der Waals surface area contributed by atoms with Crippen LogP contribution in [0.15, 0.2) is 18.3 Å². The number of sulfonamides is 1. The molecule has 6 nitrogen and oxygen atoms in total. The number of carbonyl (C=O) groups excluding carboxylic acids is 1. The van der Waals surface area contributed by atoms with Gasteiger partial charge in [-0.3, -0.25) is 4.79 Å². The van der Waals surface area contributed by atoms with Gasteiger partial charge in [0.05, 0.1) is 13.2 Å². The molecule has 0 spiro atoms. The van der Waals surface area contributed by atoms with Crippen LogP contribution in [0.4, 0.5) is 0 Å². The minimum atomic E-state index is -3.63. The van der Waals surface area contributed by atoms with Gasteiger partial charge in [-0.05, 0) is 26.0 Å². The summed E-state index contributed by atoms with van der Waals surface area (Å²) in [4.78, 5) is 11.9. The van der Waals surface area contributed by atoms with Crippen molar-refractivity contribution in [1.82, 2.24) is 9.29 Å². The Bertz CT molecular complexity index is 543. The molecule has 1 aromatic rings. The van der Waals surface area contributed by atoms with Crippen molar-refractivity contribution in [2.45, 2.75) is 25.1 Å². The van der Waals surface area contributed by atoms with Crippen LogP contribution in [0.5, 0.6) is 0 Å². The highest BCUT2D eigenvalue weighted by Crippen LogP contribution is 2.14. The Balaban J connectivity index is 2.14. The van der Waals surface area contributed by atoms with Gasteiger partial charge in [0, 0.05) is 12.2 Å². The molecule has 0 aliphatic carbocycles. The van der Waals surface area contributed by atoms with Gasteiger partial charge in [0.1, 0.15) is 10.9 Å². The summed E-state index contributed by atoms with van der Waals surface area (Å²) in [7, 11) is -3.63. The van der Waals surface area contributed by atoms with E-state index in [9.17, 15) is 13.2 Å². The number of nitrogens with one attached hydrogen (secondary N) is 1. The largest absolute Gasteiger partial charge is 0.378 e. The molecule has 1 saturated heterocycles. The molecular formula is C11H16N2O4S. The molecule has 1 fully saturated rings. The average Bonchev–Trinajstić information content (AvgIpc) is 2.60. The predicted octanol–water partition coefficient (Wildman–Crippen LogP) is 0.527. The molecule has 1 aromatic heterocycles. The zero-order valence-corrected chi connectivity index (χ0v) is 11.1. The van der Waals surface area contributed by atoms with Crippen LogP contribution in [-0.2, 0) is 14.8 Å². The first-order valence-electron chi connectivity index (χ1n) is 5.72. The van der Waals surface area contributed by atoms with Gasteiger partial charge in [-0.1, -0.05) is 0 Å². The van der Waals surface area contributed by atoms with E-state index in [-0.39, 0.29) is 19.3 Å². The van der Waals surface area contributed by atoms with Crippen LogP contribution < -0.4 is 4.72 Å². The standard InChI is InChI=1S/C11H16N2O4S/c1-8(2)13-5-3-4-10(13)11(14)12-18(15,16)9-6-17-7-9/h3-5,8-9H,6-7H2,1-2H3,(H,12,14). The van der Waals surface area contributed by atoms with Crippen LogP contribution in [-0.4, -0.2) is 37.4 Å². The topological polar surface area (TPSA) is 77.4 Å². The first kappa shape index (κ1) is 13.1. The number of hydrogen-bond donors (Lipinski definition) is 1. The van der Waals surface area contributed by atoms with Gasteiger partial charge < -0.3 is 9.30 Å². The molecule has 1 aliphatic rings. The normalized spacial score (nSPS) is 16.6. The zero-order chi connectivity index (χ0) is 13.3.